The summed E-state index contributed by atoms with van der Waals surface area (Å²) in [7, 11) is 1.84. The topological polar surface area (TPSA) is 79.5 Å². The number of aryl methyl sites for hydroxylation is 1. The summed E-state index contributed by atoms with van der Waals surface area (Å²) >= 11 is 0. The molecule has 0 radical (unpaired) electrons. The first-order valence-corrected chi connectivity index (χ1v) is 14.4. The fraction of sp³-hybridized carbons (Fsp3) is 0.655. The number of nitrogens with zero attached hydrogens (tertiary/aromatic N) is 4. The van der Waals surface area contributed by atoms with Crippen molar-refractivity contribution in [2.45, 2.75) is 76.8 Å². The third-order valence-electron chi connectivity index (χ3n) is 9.02. The van der Waals surface area contributed by atoms with Crippen LogP contribution in [-0.4, -0.2) is 73.0 Å². The maximum Gasteiger partial charge on any atom is 0.417 e. The number of piperazine rings is 1. The summed E-state index contributed by atoms with van der Waals surface area (Å²) in [6.45, 7) is 8.04. The first kappa shape index (κ1) is 29.8. The number of halogens is 5. The van der Waals surface area contributed by atoms with Crippen LogP contribution in [0.25, 0.3) is 0 Å². The number of likely N-dealkylation sites (N-methyl/N-ethyl adjacent to an activating group) is 1. The van der Waals surface area contributed by atoms with Crippen molar-refractivity contribution in [2.24, 2.45) is 5.92 Å². The van der Waals surface area contributed by atoms with Crippen LogP contribution in [0.5, 0.6) is 6.01 Å². The van der Waals surface area contributed by atoms with E-state index in [4.69, 9.17) is 15.5 Å². The smallest absolute Gasteiger partial charge is 0.417 e. The largest absolute Gasteiger partial charge is 0.462 e. The second-order valence-corrected chi connectivity index (χ2v) is 11.8. The maximum atomic E-state index is 15.6. The summed E-state index contributed by atoms with van der Waals surface area (Å²) in [5.41, 5.74) is 5.57. The summed E-state index contributed by atoms with van der Waals surface area (Å²) in [5.74, 6) is -1.36. The molecule has 3 aliphatic rings. The Balaban J connectivity index is 1.58. The molecule has 3 N–H and O–H groups in total. The van der Waals surface area contributed by atoms with Crippen LogP contribution >= 0.6 is 0 Å². The van der Waals surface area contributed by atoms with Crippen molar-refractivity contribution in [3.05, 3.63) is 39.8 Å². The van der Waals surface area contributed by atoms with Crippen LogP contribution in [-0.2, 0) is 19.0 Å². The van der Waals surface area contributed by atoms with Gasteiger partial charge in [-0.25, -0.2) is 8.78 Å². The number of anilines is 2. The minimum atomic E-state index is -4.74. The van der Waals surface area contributed by atoms with Crippen LogP contribution in [0.15, 0.2) is 6.07 Å². The van der Waals surface area contributed by atoms with Crippen LogP contribution in [0, 0.1) is 18.7 Å². The van der Waals surface area contributed by atoms with Crippen molar-refractivity contribution < 1.29 is 26.7 Å². The molecule has 2 aromatic rings. The van der Waals surface area contributed by atoms with Crippen LogP contribution in [0.4, 0.5) is 33.5 Å². The molecular formula is C29H39F5N6O. The van der Waals surface area contributed by atoms with Crippen LogP contribution in [0.3, 0.4) is 0 Å². The van der Waals surface area contributed by atoms with E-state index in [0.29, 0.717) is 43.9 Å². The summed E-state index contributed by atoms with van der Waals surface area (Å²) in [6.07, 6.45) is -4.28. The van der Waals surface area contributed by atoms with Gasteiger partial charge in [0.1, 0.15) is 24.4 Å². The zero-order valence-electron chi connectivity index (χ0n) is 24.0. The molecular weight excluding hydrogens is 543 g/mol. The van der Waals surface area contributed by atoms with Gasteiger partial charge in [-0.3, -0.25) is 4.90 Å². The van der Waals surface area contributed by atoms with Crippen molar-refractivity contribution >= 4 is 11.5 Å². The van der Waals surface area contributed by atoms with Crippen molar-refractivity contribution in [3.8, 4) is 6.01 Å². The lowest BCUT2D eigenvalue weighted by atomic mass is 9.71. The summed E-state index contributed by atoms with van der Waals surface area (Å²) in [4.78, 5) is 13.6. The lowest BCUT2D eigenvalue weighted by molar-refractivity contribution is -0.139. The molecule has 7 nitrogen and oxygen atoms in total. The van der Waals surface area contributed by atoms with Crippen LogP contribution in [0.1, 0.15) is 60.6 Å². The molecule has 41 heavy (non-hydrogen) atoms. The number of benzene rings is 1. The number of nitrogens with two attached hydrogens (primary N) is 1. The van der Waals surface area contributed by atoms with Gasteiger partial charge in [-0.05, 0) is 63.6 Å². The quantitative estimate of drug-likeness (QED) is 0.379. The minimum Gasteiger partial charge on any atom is -0.462 e. The van der Waals surface area contributed by atoms with Gasteiger partial charge in [0, 0.05) is 49.4 Å². The molecule has 2 aliphatic heterocycles. The van der Waals surface area contributed by atoms with Gasteiger partial charge in [-0.15, -0.1) is 0 Å². The Hall–Kier alpha value is -2.73. The van der Waals surface area contributed by atoms with Crippen molar-refractivity contribution in [1.29, 1.82) is 0 Å². The summed E-state index contributed by atoms with van der Waals surface area (Å²) in [5, 5.41) is 3.37. The second kappa shape index (κ2) is 11.5. The number of hydrogen-bond donors (Lipinski definition) is 2. The molecule has 1 aromatic heterocycles. The van der Waals surface area contributed by atoms with E-state index in [1.807, 2.05) is 18.9 Å². The lowest BCUT2D eigenvalue weighted by Gasteiger charge is -2.40. The van der Waals surface area contributed by atoms with E-state index in [1.54, 1.807) is 0 Å². The number of ether oxygens (including phenoxy) is 1. The fourth-order valence-electron chi connectivity index (χ4n) is 6.83. The highest BCUT2D eigenvalue weighted by Gasteiger charge is 2.43. The molecule has 0 amide bonds. The number of nitrogen functional groups attached to an aromatic ring is 1. The molecule has 0 spiro atoms. The Morgan fingerprint density at radius 1 is 1.22 bits per heavy atom. The Morgan fingerprint density at radius 2 is 1.98 bits per heavy atom. The highest BCUT2D eigenvalue weighted by molar-refractivity contribution is 5.57. The molecule has 3 heterocycles. The monoisotopic (exact) mass is 582 g/mol. The molecule has 12 heteroatoms. The first-order chi connectivity index (χ1) is 19.4. The molecule has 2 unspecified atom stereocenters. The van der Waals surface area contributed by atoms with Gasteiger partial charge in [0.15, 0.2) is 0 Å². The molecule has 1 aliphatic carbocycles. The molecule has 1 aromatic carbocycles. The Labute approximate surface area is 237 Å². The van der Waals surface area contributed by atoms with Gasteiger partial charge < -0.3 is 20.7 Å². The van der Waals surface area contributed by atoms with Crippen molar-refractivity contribution in [1.82, 2.24) is 20.2 Å². The Bertz CT molecular complexity index is 1270. The van der Waals surface area contributed by atoms with Crippen LogP contribution < -0.4 is 20.7 Å². The van der Waals surface area contributed by atoms with E-state index >= 15 is 4.39 Å². The SMILES string of the molecule is CCC1Cc2c(nc(OC[C@@H]3C[C@@H](F)CN3C)nc2N2CCNC[C@@H]2C)CC1c1c(F)c(N)cc(C)c1C(F)(F)F. The summed E-state index contributed by atoms with van der Waals surface area (Å²) < 4.78 is 78.5. The van der Waals surface area contributed by atoms with Gasteiger partial charge in [0.05, 0.1) is 16.9 Å². The molecule has 226 valence electrons. The van der Waals surface area contributed by atoms with Crippen molar-refractivity contribution in [2.75, 3.05) is 50.5 Å². The number of rotatable bonds is 6. The zero-order valence-corrected chi connectivity index (χ0v) is 24.0. The number of aromatic nitrogens is 2. The number of nitrogens with one attached hydrogen (secondary N) is 1. The highest BCUT2D eigenvalue weighted by atomic mass is 19.4. The number of fused-ring (bicyclic) bond motifs is 1. The van der Waals surface area contributed by atoms with Gasteiger partial charge >= 0.3 is 12.2 Å². The average Bonchev–Trinajstić information content (AvgIpc) is 3.24. The predicted octanol–water partition coefficient (Wildman–Crippen LogP) is 4.65. The number of hydrogen-bond acceptors (Lipinski definition) is 7. The normalized spacial score (nSPS) is 27.2. The van der Waals surface area contributed by atoms with Gasteiger partial charge in [0.2, 0.25) is 0 Å². The van der Waals surface area contributed by atoms with E-state index in [9.17, 15) is 17.6 Å². The molecule has 5 rings (SSSR count). The summed E-state index contributed by atoms with van der Waals surface area (Å²) in [6, 6.07) is 1.14. The Kier molecular flexibility index (Phi) is 8.35. The number of alkyl halides is 4. The van der Waals surface area contributed by atoms with E-state index in [0.717, 1.165) is 24.7 Å². The molecule has 5 atom stereocenters. The highest BCUT2D eigenvalue weighted by Crippen LogP contribution is 2.48. The molecule has 2 fully saturated rings. The minimum absolute atomic E-state index is 0.0962. The van der Waals surface area contributed by atoms with E-state index in [2.05, 4.69) is 22.1 Å². The fourth-order valence-corrected chi connectivity index (χ4v) is 6.83. The van der Waals surface area contributed by atoms with E-state index < -0.39 is 29.6 Å². The van der Waals surface area contributed by atoms with Gasteiger partial charge in [-0.2, -0.15) is 23.1 Å². The van der Waals surface area contributed by atoms with E-state index in [1.165, 1.54) is 6.92 Å². The standard InChI is InChI=1S/C29H39F5N6O/c1-5-17-9-21-23(11-20(17)24-25(29(32,33)34)15(2)8-22(35)26(24)31)37-28(41-14-19-10-18(30)13-39(19)4)38-27(21)40-7-6-36-12-16(40)3/h8,16-20,36H,5-7,9-14,35H2,1-4H3/t16-,17?,18+,19-,20?/m0/s1. The molecule has 0 bridgehead atoms. The van der Waals surface area contributed by atoms with Gasteiger partial charge in [0.25, 0.3) is 0 Å². The molecule has 0 saturated carbocycles. The van der Waals surface area contributed by atoms with Crippen LogP contribution in [0.2, 0.25) is 0 Å². The van der Waals surface area contributed by atoms with Crippen molar-refractivity contribution in [3.63, 3.8) is 0 Å². The maximum absolute atomic E-state index is 15.6. The van der Waals surface area contributed by atoms with Gasteiger partial charge in [-0.1, -0.05) is 13.3 Å². The number of likely N-dealkylation sites (tertiary alicyclic amines) is 1. The van der Waals surface area contributed by atoms with E-state index in [-0.39, 0.29) is 53.9 Å². The lowest BCUT2D eigenvalue weighted by Crippen LogP contribution is -2.51. The first-order valence-electron chi connectivity index (χ1n) is 14.4. The average molecular weight is 583 g/mol. The Morgan fingerprint density at radius 3 is 2.61 bits per heavy atom. The second-order valence-electron chi connectivity index (χ2n) is 11.8. The third-order valence-corrected chi connectivity index (χ3v) is 9.02. The zero-order chi connectivity index (χ0) is 29.6. The third kappa shape index (κ3) is 5.82. The molecule has 2 saturated heterocycles. The predicted molar refractivity (Wildman–Crippen MR) is 148 cm³/mol.